The highest BCUT2D eigenvalue weighted by atomic mass is 16.5. The van der Waals surface area contributed by atoms with E-state index in [2.05, 4.69) is 71.6 Å². The molecule has 0 aliphatic heterocycles. The zero-order valence-corrected chi connectivity index (χ0v) is 16.1. The van der Waals surface area contributed by atoms with Crippen molar-refractivity contribution < 1.29 is 4.74 Å². The van der Waals surface area contributed by atoms with Gasteiger partial charge in [-0.3, -0.25) is 4.68 Å². The van der Waals surface area contributed by atoms with Gasteiger partial charge in [-0.1, -0.05) is 72.3 Å². The van der Waals surface area contributed by atoms with E-state index in [0.29, 0.717) is 19.1 Å². The largest absolute Gasteiger partial charge is 0.380 e. The van der Waals surface area contributed by atoms with Gasteiger partial charge in [0.1, 0.15) is 0 Å². The van der Waals surface area contributed by atoms with E-state index >= 15 is 0 Å². The summed E-state index contributed by atoms with van der Waals surface area (Å²) in [5.74, 6) is 0.480. The first-order chi connectivity index (χ1) is 10.6. The van der Waals surface area contributed by atoms with Gasteiger partial charge in [0.15, 0.2) is 0 Å². The van der Waals surface area contributed by atoms with Gasteiger partial charge in [0.25, 0.3) is 0 Å². The van der Waals surface area contributed by atoms with Crippen LogP contribution in [0.15, 0.2) is 18.3 Å². The van der Waals surface area contributed by atoms with Crippen LogP contribution in [0.2, 0.25) is 0 Å². The van der Waals surface area contributed by atoms with Crippen molar-refractivity contribution in [3.63, 3.8) is 0 Å². The fraction of sp³-hybridized carbons (Fsp3) is 0.789. The van der Waals surface area contributed by atoms with Crippen molar-refractivity contribution in [1.29, 1.82) is 0 Å². The summed E-state index contributed by atoms with van der Waals surface area (Å²) >= 11 is 0. The Morgan fingerprint density at radius 1 is 1.26 bits per heavy atom. The lowest BCUT2D eigenvalue weighted by Crippen LogP contribution is -2.30. The lowest BCUT2D eigenvalue weighted by atomic mass is 9.80. The Hall–Kier alpha value is -1.16. The third kappa shape index (κ3) is 6.46. The van der Waals surface area contributed by atoms with Crippen LogP contribution in [0.3, 0.4) is 0 Å². The molecule has 0 aliphatic carbocycles. The fourth-order valence-corrected chi connectivity index (χ4v) is 2.73. The van der Waals surface area contributed by atoms with Gasteiger partial charge < -0.3 is 4.74 Å². The highest BCUT2D eigenvalue weighted by Gasteiger charge is 2.26. The first-order valence-corrected chi connectivity index (χ1v) is 8.73. The monoisotopic (exact) mass is 321 g/mol. The van der Waals surface area contributed by atoms with Gasteiger partial charge in [-0.05, 0) is 12.3 Å². The van der Waals surface area contributed by atoms with Crippen LogP contribution in [0.5, 0.6) is 0 Å². The molecule has 0 bridgehead atoms. The second kappa shape index (κ2) is 8.09. The van der Waals surface area contributed by atoms with Gasteiger partial charge in [-0.2, -0.15) is 0 Å². The van der Waals surface area contributed by atoms with Crippen molar-refractivity contribution in [2.45, 2.75) is 67.9 Å². The van der Waals surface area contributed by atoms with Crippen molar-refractivity contribution in [2.24, 2.45) is 16.7 Å². The molecule has 0 atom stereocenters. The molecule has 4 heteroatoms. The maximum absolute atomic E-state index is 6.04. The highest BCUT2D eigenvalue weighted by Crippen LogP contribution is 2.31. The third-order valence-corrected chi connectivity index (χ3v) is 4.20. The Morgan fingerprint density at radius 2 is 1.91 bits per heavy atom. The van der Waals surface area contributed by atoms with Gasteiger partial charge in [0, 0.05) is 23.6 Å². The molecule has 0 radical (unpaired) electrons. The lowest BCUT2D eigenvalue weighted by molar-refractivity contribution is 0.0164. The van der Waals surface area contributed by atoms with Crippen LogP contribution in [0.4, 0.5) is 0 Å². The van der Waals surface area contributed by atoms with Crippen LogP contribution in [0.1, 0.15) is 60.6 Å². The summed E-state index contributed by atoms with van der Waals surface area (Å²) in [4.78, 5) is 0. The number of hydrogen-bond acceptors (Lipinski definition) is 3. The second-order valence-corrected chi connectivity index (χ2v) is 8.38. The second-order valence-electron chi connectivity index (χ2n) is 8.38. The Labute approximate surface area is 142 Å². The van der Waals surface area contributed by atoms with Gasteiger partial charge in [0.2, 0.25) is 0 Å². The van der Waals surface area contributed by atoms with Crippen LogP contribution >= 0.6 is 0 Å². The average molecular weight is 322 g/mol. The predicted molar refractivity (Wildman–Crippen MR) is 96.4 cm³/mol. The number of nitrogens with zero attached hydrogens (tertiary/aromatic N) is 3. The van der Waals surface area contributed by atoms with Crippen LogP contribution in [0, 0.1) is 16.7 Å². The molecule has 0 aromatic carbocycles. The number of hydrogen-bond donors (Lipinski definition) is 0. The Kier molecular flexibility index (Phi) is 7.00. The molecule has 0 amide bonds. The normalized spacial score (nSPS) is 12.9. The summed E-state index contributed by atoms with van der Waals surface area (Å²) in [5.41, 5.74) is 2.34. The molecule has 0 spiro atoms. The molecular weight excluding hydrogens is 286 g/mol. The summed E-state index contributed by atoms with van der Waals surface area (Å²) in [6, 6.07) is 0. The number of ether oxygens (including phenoxy) is 1. The van der Waals surface area contributed by atoms with E-state index in [0.717, 1.165) is 25.1 Å². The van der Waals surface area contributed by atoms with Gasteiger partial charge in [0.05, 0.1) is 18.9 Å². The highest BCUT2D eigenvalue weighted by molar-refractivity contribution is 5.09. The van der Waals surface area contributed by atoms with Crippen LogP contribution in [0.25, 0.3) is 0 Å². The molecule has 1 heterocycles. The molecule has 0 aliphatic rings. The van der Waals surface area contributed by atoms with Crippen LogP contribution in [-0.2, 0) is 17.7 Å². The molecule has 132 valence electrons. The summed E-state index contributed by atoms with van der Waals surface area (Å²) in [5, 5.41) is 8.44. The molecule has 4 nitrogen and oxygen atoms in total. The molecule has 1 aromatic rings. The zero-order valence-electron chi connectivity index (χ0n) is 16.1. The summed E-state index contributed by atoms with van der Waals surface area (Å²) in [6.45, 7) is 21.8. The van der Waals surface area contributed by atoms with Gasteiger partial charge >= 0.3 is 0 Å². The SMILES string of the molecule is C=C(C(C)C)C(C)(C)COCC(C)(C)Cn1cc(CCC)nn1. The standard InChI is InChI=1S/C19H35N3O/c1-9-10-17-11-22(21-20-17)12-18(5,6)13-23-14-19(7,8)16(4)15(2)3/h11,15H,4,9-10,12-14H2,1-3,5-8H3. The molecule has 1 aromatic heterocycles. The molecule has 0 saturated heterocycles. The maximum atomic E-state index is 6.04. The lowest BCUT2D eigenvalue weighted by Gasteiger charge is -2.32. The minimum absolute atomic E-state index is 0.00575. The molecular formula is C19H35N3O. The average Bonchev–Trinajstić information content (AvgIpc) is 2.84. The maximum Gasteiger partial charge on any atom is 0.0827 e. The van der Waals surface area contributed by atoms with Gasteiger partial charge in [-0.25, -0.2) is 0 Å². The van der Waals surface area contributed by atoms with Crippen molar-refractivity contribution >= 4 is 0 Å². The van der Waals surface area contributed by atoms with E-state index in [1.807, 2.05) is 4.68 Å². The Bertz CT molecular complexity index is 500. The Morgan fingerprint density at radius 3 is 2.48 bits per heavy atom. The molecule has 0 fully saturated rings. The fourth-order valence-electron chi connectivity index (χ4n) is 2.73. The first kappa shape index (κ1) is 19.9. The van der Waals surface area contributed by atoms with Crippen molar-refractivity contribution in [1.82, 2.24) is 15.0 Å². The van der Waals surface area contributed by atoms with E-state index in [-0.39, 0.29) is 10.8 Å². The third-order valence-electron chi connectivity index (χ3n) is 4.20. The molecule has 0 unspecified atom stereocenters. The molecule has 23 heavy (non-hydrogen) atoms. The zero-order chi connectivity index (χ0) is 17.7. The number of rotatable bonds is 10. The van der Waals surface area contributed by atoms with E-state index in [4.69, 9.17) is 4.74 Å². The number of aromatic nitrogens is 3. The van der Waals surface area contributed by atoms with Gasteiger partial charge in [-0.15, -0.1) is 5.10 Å². The minimum atomic E-state index is 0.00575. The molecule has 0 N–H and O–H groups in total. The minimum Gasteiger partial charge on any atom is -0.380 e. The smallest absolute Gasteiger partial charge is 0.0827 e. The summed E-state index contributed by atoms with van der Waals surface area (Å²) in [6.07, 6.45) is 4.14. The van der Waals surface area contributed by atoms with Crippen molar-refractivity contribution in [3.8, 4) is 0 Å². The Balaban J connectivity index is 2.50. The van der Waals surface area contributed by atoms with E-state index in [9.17, 15) is 0 Å². The van der Waals surface area contributed by atoms with Crippen LogP contribution < -0.4 is 0 Å². The van der Waals surface area contributed by atoms with E-state index in [1.54, 1.807) is 0 Å². The van der Waals surface area contributed by atoms with E-state index < -0.39 is 0 Å². The van der Waals surface area contributed by atoms with Crippen molar-refractivity contribution in [3.05, 3.63) is 24.0 Å². The van der Waals surface area contributed by atoms with Crippen LogP contribution in [-0.4, -0.2) is 28.2 Å². The number of aryl methyl sites for hydroxylation is 1. The van der Waals surface area contributed by atoms with E-state index in [1.165, 1.54) is 5.57 Å². The molecule has 1 rings (SSSR count). The van der Waals surface area contributed by atoms with Crippen molar-refractivity contribution in [2.75, 3.05) is 13.2 Å². The molecule has 0 saturated carbocycles. The summed E-state index contributed by atoms with van der Waals surface area (Å²) < 4.78 is 7.98. The predicted octanol–water partition coefficient (Wildman–Crippen LogP) is 4.51. The summed E-state index contributed by atoms with van der Waals surface area (Å²) in [7, 11) is 0. The first-order valence-electron chi connectivity index (χ1n) is 8.73. The quantitative estimate of drug-likeness (QED) is 0.595. The topological polar surface area (TPSA) is 39.9 Å².